The Balaban J connectivity index is 1.73. The second kappa shape index (κ2) is 7.56. The number of ether oxygens (including phenoxy) is 1. The fraction of sp³-hybridized carbons (Fsp3) is 0.500. The Morgan fingerprint density at radius 3 is 2.60 bits per heavy atom. The lowest BCUT2D eigenvalue weighted by Gasteiger charge is -2.35. The number of methoxy groups -OCH3 is 1. The lowest BCUT2D eigenvalue weighted by atomic mass is 9.98. The second-order valence-electron chi connectivity index (χ2n) is 6.45. The molecule has 2 unspecified atom stereocenters. The molecule has 2 amide bonds. The van der Waals surface area contributed by atoms with Gasteiger partial charge in [0.05, 0.1) is 13.0 Å². The van der Waals surface area contributed by atoms with Gasteiger partial charge in [-0.15, -0.1) is 0 Å². The van der Waals surface area contributed by atoms with E-state index in [2.05, 4.69) is 15.9 Å². The van der Waals surface area contributed by atoms with Crippen molar-refractivity contribution < 1.29 is 19.1 Å². The topological polar surface area (TPSA) is 66.9 Å². The summed E-state index contributed by atoms with van der Waals surface area (Å²) < 4.78 is 5.78. The zero-order valence-electron chi connectivity index (χ0n) is 14.1. The molecule has 134 valence electrons. The van der Waals surface area contributed by atoms with E-state index < -0.39 is 12.0 Å². The molecular weight excluding hydrogens is 388 g/mol. The molecule has 0 aliphatic carbocycles. The SMILES string of the molecule is COC(=O)C1CCCCN1C(=O)C1CC(=O)N(c2ccc(Br)cc2)C1. The fourth-order valence-electron chi connectivity index (χ4n) is 3.55. The smallest absolute Gasteiger partial charge is 0.328 e. The van der Waals surface area contributed by atoms with Crippen molar-refractivity contribution in [1.29, 1.82) is 0 Å². The molecule has 0 N–H and O–H groups in total. The molecule has 2 saturated heterocycles. The number of carbonyl (C=O) groups is 3. The maximum atomic E-state index is 12.9. The normalized spacial score (nSPS) is 23.7. The van der Waals surface area contributed by atoms with Crippen LogP contribution in [0.2, 0.25) is 0 Å². The van der Waals surface area contributed by atoms with Crippen LogP contribution in [0.25, 0.3) is 0 Å². The summed E-state index contributed by atoms with van der Waals surface area (Å²) in [7, 11) is 1.34. The molecule has 3 rings (SSSR count). The van der Waals surface area contributed by atoms with Crippen molar-refractivity contribution in [1.82, 2.24) is 4.90 Å². The monoisotopic (exact) mass is 408 g/mol. The molecule has 1 aromatic rings. The predicted octanol–water partition coefficient (Wildman–Crippen LogP) is 2.36. The van der Waals surface area contributed by atoms with Crippen molar-refractivity contribution in [2.75, 3.05) is 25.1 Å². The van der Waals surface area contributed by atoms with Gasteiger partial charge in [-0.25, -0.2) is 4.79 Å². The molecule has 2 fully saturated rings. The minimum atomic E-state index is -0.525. The van der Waals surface area contributed by atoms with Crippen molar-refractivity contribution in [3.05, 3.63) is 28.7 Å². The van der Waals surface area contributed by atoms with Crippen LogP contribution in [0, 0.1) is 5.92 Å². The first kappa shape index (κ1) is 17.9. The largest absolute Gasteiger partial charge is 0.467 e. The Morgan fingerprint density at radius 2 is 1.92 bits per heavy atom. The molecule has 6 nitrogen and oxygen atoms in total. The van der Waals surface area contributed by atoms with Gasteiger partial charge in [0.1, 0.15) is 6.04 Å². The zero-order valence-corrected chi connectivity index (χ0v) is 15.7. The van der Waals surface area contributed by atoms with Gasteiger partial charge in [0.2, 0.25) is 11.8 Å². The van der Waals surface area contributed by atoms with Gasteiger partial charge in [-0.3, -0.25) is 9.59 Å². The average molecular weight is 409 g/mol. The van der Waals surface area contributed by atoms with E-state index in [4.69, 9.17) is 4.74 Å². The van der Waals surface area contributed by atoms with E-state index in [-0.39, 0.29) is 24.2 Å². The van der Waals surface area contributed by atoms with Crippen LogP contribution in [0.15, 0.2) is 28.7 Å². The Kier molecular flexibility index (Phi) is 5.42. The summed E-state index contributed by atoms with van der Waals surface area (Å²) in [6.07, 6.45) is 2.57. The highest BCUT2D eigenvalue weighted by Crippen LogP contribution is 2.29. The molecule has 2 heterocycles. The number of carbonyl (C=O) groups excluding carboxylic acids is 3. The highest BCUT2D eigenvalue weighted by Gasteiger charge is 2.41. The maximum absolute atomic E-state index is 12.9. The third kappa shape index (κ3) is 3.71. The van der Waals surface area contributed by atoms with Crippen LogP contribution in [0.4, 0.5) is 5.69 Å². The number of piperidine rings is 1. The van der Waals surface area contributed by atoms with Crippen molar-refractivity contribution >= 4 is 39.4 Å². The molecular formula is C18H21BrN2O4. The lowest BCUT2D eigenvalue weighted by Crippen LogP contribution is -2.50. The zero-order chi connectivity index (χ0) is 18.0. The number of amides is 2. The first-order valence-corrected chi connectivity index (χ1v) is 9.25. The van der Waals surface area contributed by atoms with Crippen molar-refractivity contribution in [2.45, 2.75) is 31.7 Å². The van der Waals surface area contributed by atoms with Crippen molar-refractivity contribution in [3.8, 4) is 0 Å². The van der Waals surface area contributed by atoms with Crippen LogP contribution in [0.3, 0.4) is 0 Å². The Hall–Kier alpha value is -1.89. The van der Waals surface area contributed by atoms with E-state index in [1.54, 1.807) is 9.80 Å². The second-order valence-corrected chi connectivity index (χ2v) is 7.36. The van der Waals surface area contributed by atoms with E-state index in [0.717, 1.165) is 23.0 Å². The van der Waals surface area contributed by atoms with Gasteiger partial charge in [-0.2, -0.15) is 0 Å². The van der Waals surface area contributed by atoms with Gasteiger partial charge in [-0.1, -0.05) is 15.9 Å². The molecule has 0 spiro atoms. The lowest BCUT2D eigenvalue weighted by molar-refractivity contribution is -0.156. The maximum Gasteiger partial charge on any atom is 0.328 e. The Bertz CT molecular complexity index is 676. The quantitative estimate of drug-likeness (QED) is 0.719. The standard InChI is InChI=1S/C18H21BrN2O4/c1-25-18(24)15-4-2-3-9-20(15)17(23)12-10-16(22)21(11-12)14-7-5-13(19)6-8-14/h5-8,12,15H,2-4,9-11H2,1H3. The van der Waals surface area contributed by atoms with Crippen molar-refractivity contribution in [3.63, 3.8) is 0 Å². The van der Waals surface area contributed by atoms with Crippen LogP contribution in [0.5, 0.6) is 0 Å². The van der Waals surface area contributed by atoms with Gasteiger partial charge in [0, 0.05) is 29.7 Å². The van der Waals surface area contributed by atoms with Crippen molar-refractivity contribution in [2.24, 2.45) is 5.92 Å². The van der Waals surface area contributed by atoms with E-state index in [1.807, 2.05) is 24.3 Å². The highest BCUT2D eigenvalue weighted by molar-refractivity contribution is 9.10. The van der Waals surface area contributed by atoms with Crippen LogP contribution in [-0.4, -0.2) is 48.9 Å². The third-order valence-electron chi connectivity index (χ3n) is 4.87. The van der Waals surface area contributed by atoms with Gasteiger partial charge in [0.25, 0.3) is 0 Å². The molecule has 1 aromatic carbocycles. The summed E-state index contributed by atoms with van der Waals surface area (Å²) in [5, 5.41) is 0. The number of hydrogen-bond donors (Lipinski definition) is 0. The minimum absolute atomic E-state index is 0.0627. The van der Waals surface area contributed by atoms with Gasteiger partial charge < -0.3 is 14.5 Å². The molecule has 2 aliphatic heterocycles. The van der Waals surface area contributed by atoms with E-state index in [0.29, 0.717) is 19.5 Å². The molecule has 2 aliphatic rings. The minimum Gasteiger partial charge on any atom is -0.467 e. The average Bonchev–Trinajstić information content (AvgIpc) is 3.03. The number of esters is 1. The molecule has 25 heavy (non-hydrogen) atoms. The van der Waals surface area contributed by atoms with E-state index in [1.165, 1.54) is 7.11 Å². The number of halogens is 1. The molecule has 0 aromatic heterocycles. The summed E-state index contributed by atoms with van der Waals surface area (Å²) in [6, 6.07) is 6.92. The first-order chi connectivity index (χ1) is 12.0. The number of likely N-dealkylation sites (tertiary alicyclic amines) is 1. The van der Waals surface area contributed by atoms with Gasteiger partial charge in [-0.05, 0) is 43.5 Å². The Morgan fingerprint density at radius 1 is 1.20 bits per heavy atom. The molecule has 0 bridgehead atoms. The van der Waals surface area contributed by atoms with Crippen LogP contribution < -0.4 is 4.90 Å². The number of hydrogen-bond acceptors (Lipinski definition) is 4. The van der Waals surface area contributed by atoms with Crippen LogP contribution in [-0.2, 0) is 19.1 Å². The summed E-state index contributed by atoms with van der Waals surface area (Å²) in [4.78, 5) is 40.6. The van der Waals surface area contributed by atoms with E-state index in [9.17, 15) is 14.4 Å². The summed E-state index contributed by atoms with van der Waals surface area (Å²) in [6.45, 7) is 0.894. The fourth-order valence-corrected chi connectivity index (χ4v) is 3.82. The molecule has 0 saturated carbocycles. The number of nitrogens with zero attached hydrogens (tertiary/aromatic N) is 2. The summed E-state index contributed by atoms with van der Waals surface area (Å²) in [5.41, 5.74) is 0.784. The van der Waals surface area contributed by atoms with Gasteiger partial charge >= 0.3 is 5.97 Å². The first-order valence-electron chi connectivity index (χ1n) is 8.45. The highest BCUT2D eigenvalue weighted by atomic mass is 79.9. The summed E-state index contributed by atoms with van der Waals surface area (Å²) >= 11 is 3.38. The summed E-state index contributed by atoms with van der Waals surface area (Å²) in [5.74, 6) is -0.973. The molecule has 2 atom stereocenters. The van der Waals surface area contributed by atoms with E-state index >= 15 is 0 Å². The number of benzene rings is 1. The molecule has 0 radical (unpaired) electrons. The number of rotatable bonds is 3. The Labute approximate surface area is 155 Å². The van der Waals surface area contributed by atoms with Crippen LogP contribution >= 0.6 is 15.9 Å². The third-order valence-corrected chi connectivity index (χ3v) is 5.40. The van der Waals surface area contributed by atoms with Gasteiger partial charge in [0.15, 0.2) is 0 Å². The van der Waals surface area contributed by atoms with Crippen LogP contribution in [0.1, 0.15) is 25.7 Å². The number of anilines is 1. The predicted molar refractivity (Wildman–Crippen MR) is 96.0 cm³/mol. The molecule has 7 heteroatoms.